The Labute approximate surface area is 138 Å². The lowest BCUT2D eigenvalue weighted by Gasteiger charge is -2.32. The molecule has 2 heterocycles. The highest BCUT2D eigenvalue weighted by Crippen LogP contribution is 2.16. The molecule has 0 aliphatic carbocycles. The Morgan fingerprint density at radius 1 is 1.39 bits per heavy atom. The fraction of sp³-hybridized carbons (Fsp3) is 0.400. The van der Waals surface area contributed by atoms with Gasteiger partial charge in [0.25, 0.3) is 0 Å². The first-order valence-corrected chi connectivity index (χ1v) is 7.76. The van der Waals surface area contributed by atoms with E-state index in [1.165, 1.54) is 0 Å². The molecule has 0 saturated carbocycles. The lowest BCUT2D eigenvalue weighted by Crippen LogP contribution is -2.53. The van der Waals surface area contributed by atoms with Gasteiger partial charge >= 0.3 is 0 Å². The van der Waals surface area contributed by atoms with E-state index in [2.05, 4.69) is 15.6 Å². The second-order valence-corrected chi connectivity index (χ2v) is 5.76. The zero-order chi connectivity index (χ0) is 16.2. The van der Waals surface area contributed by atoms with Crippen LogP contribution in [0.3, 0.4) is 0 Å². The largest absolute Gasteiger partial charge is 0.378 e. The van der Waals surface area contributed by atoms with Crippen molar-refractivity contribution in [3.8, 4) is 0 Å². The molecule has 0 aromatic heterocycles. The second-order valence-electron chi connectivity index (χ2n) is 5.32. The minimum atomic E-state index is -0.749. The Kier molecular flexibility index (Phi) is 4.78. The normalized spacial score (nSPS) is 21.4. The molecule has 1 aromatic carbocycles. The first-order valence-electron chi connectivity index (χ1n) is 7.38. The molecule has 1 atom stereocenters. The number of hydrogen-bond donors (Lipinski definition) is 2. The molecule has 8 heteroatoms. The van der Waals surface area contributed by atoms with Crippen molar-refractivity contribution in [2.24, 2.45) is 4.99 Å². The van der Waals surface area contributed by atoms with Gasteiger partial charge in [-0.2, -0.15) is 0 Å². The monoisotopic (exact) mass is 336 g/mol. The smallest absolute Gasteiger partial charge is 0.249 e. The molecule has 2 aliphatic rings. The molecule has 0 radical (unpaired) electrons. The Balaban J connectivity index is 1.72. The fourth-order valence-electron chi connectivity index (χ4n) is 2.46. The molecule has 1 aromatic rings. The Morgan fingerprint density at radius 2 is 2.17 bits per heavy atom. The van der Waals surface area contributed by atoms with Crippen molar-refractivity contribution in [3.63, 3.8) is 0 Å². The number of amides is 2. The molecule has 0 bridgehead atoms. The third kappa shape index (κ3) is 4.00. The van der Waals surface area contributed by atoms with Crippen LogP contribution in [0.25, 0.3) is 0 Å². The highest BCUT2D eigenvalue weighted by atomic mass is 35.5. The zero-order valence-corrected chi connectivity index (χ0v) is 13.2. The predicted octanol–water partition coefficient (Wildman–Crippen LogP) is 0.855. The number of carbonyl (C=O) groups is 2. The van der Waals surface area contributed by atoms with Crippen LogP contribution >= 0.6 is 11.6 Å². The van der Waals surface area contributed by atoms with Gasteiger partial charge in [0.2, 0.25) is 17.8 Å². The van der Waals surface area contributed by atoms with Gasteiger partial charge in [-0.25, -0.2) is 4.99 Å². The summed E-state index contributed by atoms with van der Waals surface area (Å²) in [5.41, 5.74) is 0.580. The Morgan fingerprint density at radius 3 is 2.91 bits per heavy atom. The topological polar surface area (TPSA) is 83.0 Å². The maximum Gasteiger partial charge on any atom is 0.249 e. The van der Waals surface area contributed by atoms with Crippen molar-refractivity contribution >= 4 is 35.1 Å². The third-order valence-electron chi connectivity index (χ3n) is 3.61. The first kappa shape index (κ1) is 15.8. The summed E-state index contributed by atoms with van der Waals surface area (Å²) >= 11 is 5.90. The number of carbonyl (C=O) groups excluding carboxylic acids is 2. The van der Waals surface area contributed by atoms with E-state index in [0.29, 0.717) is 43.0 Å². The van der Waals surface area contributed by atoms with E-state index < -0.39 is 6.04 Å². The van der Waals surface area contributed by atoms with Crippen molar-refractivity contribution in [2.75, 3.05) is 31.6 Å². The van der Waals surface area contributed by atoms with Crippen LogP contribution in [0.15, 0.2) is 29.3 Å². The number of benzene rings is 1. The van der Waals surface area contributed by atoms with E-state index in [1.807, 2.05) is 4.90 Å². The minimum absolute atomic E-state index is 0.0280. The van der Waals surface area contributed by atoms with Crippen LogP contribution in [-0.4, -0.2) is 55.0 Å². The van der Waals surface area contributed by atoms with Gasteiger partial charge < -0.3 is 15.0 Å². The van der Waals surface area contributed by atoms with Gasteiger partial charge in [0, 0.05) is 23.8 Å². The van der Waals surface area contributed by atoms with E-state index in [-0.39, 0.29) is 18.2 Å². The van der Waals surface area contributed by atoms with Crippen LogP contribution in [0.4, 0.5) is 5.69 Å². The summed E-state index contributed by atoms with van der Waals surface area (Å²) in [6.07, 6.45) is 0.0280. The van der Waals surface area contributed by atoms with Crippen molar-refractivity contribution in [2.45, 2.75) is 12.5 Å². The highest BCUT2D eigenvalue weighted by Gasteiger charge is 2.29. The standard InChI is InChI=1S/C15H17ClN4O3/c16-10-2-1-3-11(8-10)17-14(22)12-9-13(21)19-15(18-12)20-4-6-23-7-5-20/h1-3,8,12H,4-7,9H2,(H,17,22)(H,18,19,21)/t12-/m1/s1. The van der Waals surface area contributed by atoms with Gasteiger partial charge in [-0.1, -0.05) is 17.7 Å². The Hall–Kier alpha value is -2.12. The van der Waals surface area contributed by atoms with Crippen LogP contribution in [-0.2, 0) is 14.3 Å². The Bertz CT molecular complexity index is 643. The van der Waals surface area contributed by atoms with E-state index >= 15 is 0 Å². The molecular weight excluding hydrogens is 320 g/mol. The predicted molar refractivity (Wildman–Crippen MR) is 86.5 cm³/mol. The third-order valence-corrected chi connectivity index (χ3v) is 3.85. The number of guanidine groups is 1. The molecule has 3 rings (SSSR count). The van der Waals surface area contributed by atoms with Gasteiger partial charge in [0.1, 0.15) is 6.04 Å². The molecule has 0 spiro atoms. The van der Waals surface area contributed by atoms with E-state index in [9.17, 15) is 9.59 Å². The van der Waals surface area contributed by atoms with Gasteiger partial charge in [0.05, 0.1) is 19.6 Å². The maximum absolute atomic E-state index is 12.4. The number of aliphatic imine (C=N–C) groups is 1. The molecular formula is C15H17ClN4O3. The van der Waals surface area contributed by atoms with E-state index in [4.69, 9.17) is 16.3 Å². The van der Waals surface area contributed by atoms with Gasteiger partial charge in [-0.3, -0.25) is 14.9 Å². The van der Waals surface area contributed by atoms with Gasteiger partial charge in [-0.05, 0) is 18.2 Å². The van der Waals surface area contributed by atoms with Crippen LogP contribution in [0.1, 0.15) is 6.42 Å². The lowest BCUT2D eigenvalue weighted by atomic mass is 10.1. The summed E-state index contributed by atoms with van der Waals surface area (Å²) in [4.78, 5) is 30.6. The zero-order valence-electron chi connectivity index (χ0n) is 12.4. The summed E-state index contributed by atoms with van der Waals surface area (Å²) in [6, 6.07) is 6.10. The molecule has 1 fully saturated rings. The molecule has 2 N–H and O–H groups in total. The van der Waals surface area contributed by atoms with Crippen LogP contribution < -0.4 is 10.6 Å². The van der Waals surface area contributed by atoms with Crippen LogP contribution in [0, 0.1) is 0 Å². The summed E-state index contributed by atoms with van der Waals surface area (Å²) in [5, 5.41) is 6.00. The number of ether oxygens (including phenoxy) is 1. The quantitative estimate of drug-likeness (QED) is 0.839. The second kappa shape index (κ2) is 6.97. The minimum Gasteiger partial charge on any atom is -0.378 e. The summed E-state index contributed by atoms with van der Waals surface area (Å²) in [7, 11) is 0. The molecule has 23 heavy (non-hydrogen) atoms. The average Bonchev–Trinajstić information content (AvgIpc) is 2.55. The van der Waals surface area contributed by atoms with Crippen LogP contribution in [0.5, 0.6) is 0 Å². The lowest BCUT2D eigenvalue weighted by molar-refractivity contribution is -0.125. The molecule has 122 valence electrons. The fourth-order valence-corrected chi connectivity index (χ4v) is 2.65. The van der Waals surface area contributed by atoms with Crippen molar-refractivity contribution in [1.29, 1.82) is 0 Å². The molecule has 2 aliphatic heterocycles. The SMILES string of the molecule is O=C1C[C@H](C(=O)Nc2cccc(Cl)c2)N=C(N2CCOCC2)N1. The first-order chi connectivity index (χ1) is 11.1. The van der Waals surface area contributed by atoms with Crippen LogP contribution in [0.2, 0.25) is 5.02 Å². The number of hydrogen-bond acceptors (Lipinski definition) is 5. The van der Waals surface area contributed by atoms with Crippen molar-refractivity contribution in [1.82, 2.24) is 10.2 Å². The van der Waals surface area contributed by atoms with Crippen molar-refractivity contribution < 1.29 is 14.3 Å². The number of nitrogens with zero attached hydrogens (tertiary/aromatic N) is 2. The number of rotatable bonds is 2. The number of nitrogens with one attached hydrogen (secondary N) is 2. The molecule has 7 nitrogen and oxygen atoms in total. The van der Waals surface area contributed by atoms with E-state index in [1.54, 1.807) is 24.3 Å². The summed E-state index contributed by atoms with van der Waals surface area (Å²) in [6.45, 7) is 2.44. The molecule has 0 unspecified atom stereocenters. The molecule has 2 amide bonds. The average molecular weight is 337 g/mol. The number of morpholine rings is 1. The van der Waals surface area contributed by atoms with Crippen molar-refractivity contribution in [3.05, 3.63) is 29.3 Å². The van der Waals surface area contributed by atoms with E-state index in [0.717, 1.165) is 0 Å². The highest BCUT2D eigenvalue weighted by molar-refractivity contribution is 6.30. The van der Waals surface area contributed by atoms with Gasteiger partial charge in [-0.15, -0.1) is 0 Å². The summed E-state index contributed by atoms with van der Waals surface area (Å²) < 4.78 is 5.28. The van der Waals surface area contributed by atoms with Gasteiger partial charge in [0.15, 0.2) is 0 Å². The summed E-state index contributed by atoms with van der Waals surface area (Å²) in [5.74, 6) is -0.101. The molecule has 1 saturated heterocycles. The number of anilines is 1. The maximum atomic E-state index is 12.4. The number of halogens is 1.